The molecule has 144 valence electrons. The number of aliphatic hydroxyl groups excluding tert-OH is 1. The number of hydrogen-bond donors (Lipinski definition) is 2. The summed E-state index contributed by atoms with van der Waals surface area (Å²) in [6.45, 7) is -0.219. The Morgan fingerprint density at radius 1 is 1.11 bits per heavy atom. The molecule has 1 fully saturated rings. The van der Waals surface area contributed by atoms with Crippen LogP contribution in [0.2, 0.25) is 0 Å². The molecule has 2 aliphatic rings. The van der Waals surface area contributed by atoms with Crippen molar-refractivity contribution in [2.45, 2.75) is 37.3 Å². The average molecular weight is 381 g/mol. The van der Waals surface area contributed by atoms with Crippen molar-refractivity contribution >= 4 is 5.69 Å². The highest BCUT2D eigenvalue weighted by Crippen LogP contribution is 2.51. The lowest BCUT2D eigenvalue weighted by Crippen LogP contribution is -2.40. The lowest BCUT2D eigenvalue weighted by atomic mass is 9.76. The van der Waals surface area contributed by atoms with E-state index in [-0.39, 0.29) is 29.8 Å². The lowest BCUT2D eigenvalue weighted by Gasteiger charge is -2.45. The van der Waals surface area contributed by atoms with E-state index in [0.717, 1.165) is 11.6 Å². The van der Waals surface area contributed by atoms with Crippen molar-refractivity contribution in [3.05, 3.63) is 65.0 Å². The predicted molar refractivity (Wildman–Crippen MR) is 91.6 cm³/mol. The SMILES string of the molecule is OC[C@H]1CC[C@@H]2[C@H](O1)c1cc(C(F)(F)F)cc(F)c1N[C@H]2c1ccccc1. The van der Waals surface area contributed by atoms with Gasteiger partial charge in [-0.05, 0) is 30.5 Å². The number of hydrogen-bond acceptors (Lipinski definition) is 3. The Hall–Kier alpha value is -2.12. The van der Waals surface area contributed by atoms with Crippen LogP contribution in [0.5, 0.6) is 0 Å². The topological polar surface area (TPSA) is 41.5 Å². The number of anilines is 1. The molecule has 0 amide bonds. The highest BCUT2D eigenvalue weighted by Gasteiger charge is 2.44. The van der Waals surface area contributed by atoms with Crippen LogP contribution in [-0.4, -0.2) is 17.8 Å². The van der Waals surface area contributed by atoms with Crippen molar-refractivity contribution in [1.82, 2.24) is 0 Å². The Morgan fingerprint density at radius 2 is 1.85 bits per heavy atom. The summed E-state index contributed by atoms with van der Waals surface area (Å²) in [6, 6.07) is 10.6. The molecule has 0 aromatic heterocycles. The summed E-state index contributed by atoms with van der Waals surface area (Å²) in [4.78, 5) is 0. The molecule has 0 unspecified atom stereocenters. The zero-order valence-corrected chi connectivity index (χ0v) is 14.3. The van der Waals surface area contributed by atoms with Gasteiger partial charge in [-0.15, -0.1) is 0 Å². The maximum Gasteiger partial charge on any atom is 0.416 e. The molecule has 2 aromatic carbocycles. The fourth-order valence-electron chi connectivity index (χ4n) is 4.11. The number of aliphatic hydroxyl groups is 1. The normalized spacial score (nSPS) is 27.4. The smallest absolute Gasteiger partial charge is 0.394 e. The minimum absolute atomic E-state index is 0.0386. The van der Waals surface area contributed by atoms with Crippen molar-refractivity contribution < 1.29 is 27.4 Å². The Bertz CT molecular complexity index is 825. The molecule has 0 aliphatic carbocycles. The molecule has 2 heterocycles. The van der Waals surface area contributed by atoms with Gasteiger partial charge in [0.15, 0.2) is 0 Å². The fourth-order valence-corrected chi connectivity index (χ4v) is 4.11. The third-order valence-corrected chi connectivity index (χ3v) is 5.39. The number of benzene rings is 2. The molecular formula is C20H19F4NO2. The van der Waals surface area contributed by atoms with Crippen molar-refractivity contribution in [3.8, 4) is 0 Å². The molecule has 27 heavy (non-hydrogen) atoms. The zero-order chi connectivity index (χ0) is 19.2. The third kappa shape index (κ3) is 3.30. The third-order valence-electron chi connectivity index (χ3n) is 5.39. The van der Waals surface area contributed by atoms with E-state index in [9.17, 15) is 22.7 Å². The van der Waals surface area contributed by atoms with Crippen LogP contribution in [0.15, 0.2) is 42.5 Å². The van der Waals surface area contributed by atoms with E-state index in [1.165, 1.54) is 0 Å². The van der Waals surface area contributed by atoms with Crippen molar-refractivity contribution in [2.24, 2.45) is 5.92 Å². The standard InChI is InChI=1S/C20H19F4NO2/c21-16-9-12(20(22,23)24)8-15-18(16)25-17(11-4-2-1-3-5-11)14-7-6-13(10-26)27-19(14)15/h1-5,8-9,13-14,17,19,25-26H,6-7,10H2/t13-,14+,17+,19+/m1/s1. The van der Waals surface area contributed by atoms with Gasteiger partial charge in [0.2, 0.25) is 0 Å². The summed E-state index contributed by atoms with van der Waals surface area (Å²) in [7, 11) is 0. The summed E-state index contributed by atoms with van der Waals surface area (Å²) >= 11 is 0. The first-order valence-electron chi connectivity index (χ1n) is 8.87. The molecule has 4 atom stereocenters. The molecule has 0 bridgehead atoms. The molecule has 7 heteroatoms. The summed E-state index contributed by atoms with van der Waals surface area (Å²) in [5, 5.41) is 12.6. The van der Waals surface area contributed by atoms with Gasteiger partial charge in [0.1, 0.15) is 5.82 Å². The van der Waals surface area contributed by atoms with Gasteiger partial charge < -0.3 is 15.2 Å². The van der Waals surface area contributed by atoms with Crippen LogP contribution in [-0.2, 0) is 10.9 Å². The number of alkyl halides is 3. The van der Waals surface area contributed by atoms with E-state index in [4.69, 9.17) is 4.74 Å². The van der Waals surface area contributed by atoms with Gasteiger partial charge in [-0.3, -0.25) is 0 Å². The zero-order valence-electron chi connectivity index (χ0n) is 14.3. The maximum atomic E-state index is 14.6. The number of halogens is 4. The van der Waals surface area contributed by atoms with E-state index in [1.54, 1.807) is 0 Å². The van der Waals surface area contributed by atoms with E-state index in [0.29, 0.717) is 18.9 Å². The van der Waals surface area contributed by atoms with E-state index in [1.807, 2.05) is 30.3 Å². The number of rotatable bonds is 2. The number of nitrogens with one attached hydrogen (secondary N) is 1. The van der Waals surface area contributed by atoms with Crippen LogP contribution in [0, 0.1) is 11.7 Å². The van der Waals surface area contributed by atoms with Gasteiger partial charge in [-0.25, -0.2) is 4.39 Å². The quantitative estimate of drug-likeness (QED) is 0.732. The molecule has 2 N–H and O–H groups in total. The van der Waals surface area contributed by atoms with E-state index < -0.39 is 29.8 Å². The number of fused-ring (bicyclic) bond motifs is 3. The first-order chi connectivity index (χ1) is 12.9. The molecule has 0 radical (unpaired) electrons. The molecule has 3 nitrogen and oxygen atoms in total. The number of ether oxygens (including phenoxy) is 1. The van der Waals surface area contributed by atoms with Crippen LogP contribution < -0.4 is 5.32 Å². The predicted octanol–water partition coefficient (Wildman–Crippen LogP) is 4.84. The van der Waals surface area contributed by atoms with Crippen molar-refractivity contribution in [3.63, 3.8) is 0 Å². The Balaban J connectivity index is 1.82. The summed E-state index contributed by atoms with van der Waals surface area (Å²) < 4.78 is 60.1. The first kappa shape index (κ1) is 18.3. The molecule has 0 saturated carbocycles. The Morgan fingerprint density at radius 3 is 2.52 bits per heavy atom. The summed E-state index contributed by atoms with van der Waals surface area (Å²) in [5.74, 6) is -1.11. The van der Waals surface area contributed by atoms with Crippen LogP contribution in [0.1, 0.15) is 41.7 Å². The second-order valence-electron chi connectivity index (χ2n) is 7.06. The summed E-state index contributed by atoms with van der Waals surface area (Å²) in [5.41, 5.74) is 0.0880. The lowest BCUT2D eigenvalue weighted by molar-refractivity contribution is -0.138. The molecule has 4 rings (SSSR count). The van der Waals surface area contributed by atoms with Gasteiger partial charge in [0.05, 0.1) is 36.1 Å². The first-order valence-corrected chi connectivity index (χ1v) is 8.87. The Labute approximate surface area is 154 Å². The van der Waals surface area contributed by atoms with Crippen LogP contribution in [0.4, 0.5) is 23.2 Å². The average Bonchev–Trinajstić information content (AvgIpc) is 2.67. The van der Waals surface area contributed by atoms with Crippen molar-refractivity contribution in [2.75, 3.05) is 11.9 Å². The second kappa shape index (κ2) is 6.80. The van der Waals surface area contributed by atoms with E-state index in [2.05, 4.69) is 5.32 Å². The molecule has 2 aliphatic heterocycles. The highest BCUT2D eigenvalue weighted by molar-refractivity contribution is 5.59. The maximum absolute atomic E-state index is 14.6. The van der Waals surface area contributed by atoms with Crippen LogP contribution in [0.25, 0.3) is 0 Å². The Kier molecular flexibility index (Phi) is 4.60. The summed E-state index contributed by atoms with van der Waals surface area (Å²) in [6.07, 6.45) is -4.58. The van der Waals surface area contributed by atoms with Crippen molar-refractivity contribution in [1.29, 1.82) is 0 Å². The minimum Gasteiger partial charge on any atom is -0.394 e. The molecular weight excluding hydrogens is 362 g/mol. The molecule has 1 saturated heterocycles. The van der Waals surface area contributed by atoms with Gasteiger partial charge in [0.25, 0.3) is 0 Å². The fraction of sp³-hybridized carbons (Fsp3) is 0.400. The van der Waals surface area contributed by atoms with Gasteiger partial charge >= 0.3 is 6.18 Å². The van der Waals surface area contributed by atoms with Gasteiger partial charge in [-0.2, -0.15) is 13.2 Å². The molecule has 0 spiro atoms. The highest BCUT2D eigenvalue weighted by atomic mass is 19.4. The van der Waals surface area contributed by atoms with Gasteiger partial charge in [-0.1, -0.05) is 30.3 Å². The largest absolute Gasteiger partial charge is 0.416 e. The second-order valence-corrected chi connectivity index (χ2v) is 7.06. The molecule has 2 aromatic rings. The monoisotopic (exact) mass is 381 g/mol. The minimum atomic E-state index is -4.65. The van der Waals surface area contributed by atoms with E-state index >= 15 is 0 Å². The van der Waals surface area contributed by atoms with Crippen LogP contribution >= 0.6 is 0 Å². The van der Waals surface area contributed by atoms with Gasteiger partial charge in [0, 0.05) is 11.5 Å². The van der Waals surface area contributed by atoms with Crippen LogP contribution in [0.3, 0.4) is 0 Å².